The molecular weight excluding hydrogens is 348 g/mol. The fraction of sp³-hybridized carbons (Fsp3) is 0.227. The monoisotopic (exact) mass is 372 g/mol. The second-order valence-corrected chi connectivity index (χ2v) is 8.02. The third kappa shape index (κ3) is 3.41. The lowest BCUT2D eigenvalue weighted by atomic mass is 9.93. The van der Waals surface area contributed by atoms with Gasteiger partial charge in [0.2, 0.25) is 0 Å². The van der Waals surface area contributed by atoms with E-state index in [2.05, 4.69) is 41.8 Å². The molecule has 3 aromatic rings. The predicted octanol–water partition coefficient (Wildman–Crippen LogP) is 4.55. The molecule has 142 valence electrons. The lowest BCUT2D eigenvalue weighted by Crippen LogP contribution is -2.07. The molecule has 0 spiro atoms. The zero-order valence-electron chi connectivity index (χ0n) is 16.3. The van der Waals surface area contributed by atoms with Gasteiger partial charge < -0.3 is 16.5 Å². The molecule has 5 N–H and O–H groups in total. The van der Waals surface area contributed by atoms with Crippen LogP contribution in [0.5, 0.6) is 0 Å². The molecule has 0 bridgehead atoms. The number of nitrogens with two attached hydrogens (primary N) is 2. The van der Waals surface area contributed by atoms with Crippen LogP contribution >= 0.6 is 0 Å². The maximum Gasteiger partial charge on any atom is 0.153 e. The van der Waals surface area contributed by atoms with E-state index in [0.29, 0.717) is 17.8 Å². The number of fused-ring (bicyclic) bond motifs is 1. The van der Waals surface area contributed by atoms with Crippen molar-refractivity contribution in [1.29, 1.82) is 0 Å². The van der Waals surface area contributed by atoms with Crippen LogP contribution in [-0.2, 0) is 0 Å². The maximum atomic E-state index is 5.95. The molecule has 2 aromatic carbocycles. The Bertz CT molecular complexity index is 1140. The number of nitrogen functional groups attached to an aromatic ring is 2. The molecule has 0 fully saturated rings. The SMILES string of the molecule is CC(C)(C)C1=CN=C(c2nc3ccc(-c4ccc(N)c(N)c4)cc3[nH]2)CC=N1. The van der Waals surface area contributed by atoms with Crippen LogP contribution in [0.1, 0.15) is 33.0 Å². The van der Waals surface area contributed by atoms with Gasteiger partial charge in [-0.2, -0.15) is 0 Å². The fourth-order valence-corrected chi connectivity index (χ4v) is 3.08. The quantitative estimate of drug-likeness (QED) is 0.575. The Labute approximate surface area is 164 Å². The van der Waals surface area contributed by atoms with Gasteiger partial charge in [-0.25, -0.2) is 4.98 Å². The summed E-state index contributed by atoms with van der Waals surface area (Å²) in [7, 11) is 0. The Morgan fingerprint density at radius 1 is 0.964 bits per heavy atom. The number of aliphatic imine (C=N–C) groups is 2. The van der Waals surface area contributed by atoms with E-state index in [1.165, 1.54) is 0 Å². The van der Waals surface area contributed by atoms with Crippen molar-refractivity contribution in [2.24, 2.45) is 15.4 Å². The molecule has 6 heteroatoms. The van der Waals surface area contributed by atoms with Crippen molar-refractivity contribution >= 4 is 34.3 Å². The molecule has 0 saturated carbocycles. The zero-order chi connectivity index (χ0) is 19.9. The van der Waals surface area contributed by atoms with Gasteiger partial charge in [0.25, 0.3) is 0 Å². The van der Waals surface area contributed by atoms with Crippen molar-refractivity contribution in [2.75, 3.05) is 11.5 Å². The average molecular weight is 372 g/mol. The van der Waals surface area contributed by atoms with Crippen molar-refractivity contribution in [3.63, 3.8) is 0 Å². The minimum absolute atomic E-state index is 0.0425. The largest absolute Gasteiger partial charge is 0.397 e. The van der Waals surface area contributed by atoms with E-state index in [9.17, 15) is 0 Å². The minimum Gasteiger partial charge on any atom is -0.397 e. The van der Waals surface area contributed by atoms with Gasteiger partial charge >= 0.3 is 0 Å². The van der Waals surface area contributed by atoms with Gasteiger partial charge in [0.15, 0.2) is 5.82 Å². The van der Waals surface area contributed by atoms with E-state index >= 15 is 0 Å². The van der Waals surface area contributed by atoms with Crippen LogP contribution < -0.4 is 11.5 Å². The minimum atomic E-state index is -0.0425. The van der Waals surface area contributed by atoms with Gasteiger partial charge in [-0.1, -0.05) is 32.9 Å². The molecule has 6 nitrogen and oxygen atoms in total. The number of nitrogens with zero attached hydrogens (tertiary/aromatic N) is 3. The Balaban J connectivity index is 1.71. The van der Waals surface area contributed by atoms with Crippen LogP contribution in [0.2, 0.25) is 0 Å². The first-order chi connectivity index (χ1) is 13.3. The molecule has 1 aliphatic rings. The molecule has 0 atom stereocenters. The number of hydrogen-bond acceptors (Lipinski definition) is 5. The van der Waals surface area contributed by atoms with Gasteiger partial charge in [-0.05, 0) is 35.4 Å². The first-order valence-corrected chi connectivity index (χ1v) is 9.26. The summed E-state index contributed by atoms with van der Waals surface area (Å²) >= 11 is 0. The molecule has 1 aromatic heterocycles. The Morgan fingerprint density at radius 2 is 1.71 bits per heavy atom. The molecule has 1 aliphatic heterocycles. The van der Waals surface area contributed by atoms with E-state index in [1.807, 2.05) is 42.7 Å². The number of hydrogen-bond donors (Lipinski definition) is 3. The standard InChI is InChI=1S/C22H24N6/c1-22(2,3)20-12-26-18(8-9-25-20)21-27-17-7-5-14(11-19(17)28-21)13-4-6-15(23)16(24)10-13/h4-7,9-12H,8,23-24H2,1-3H3,(H,27,28). The van der Waals surface area contributed by atoms with E-state index < -0.39 is 0 Å². The van der Waals surface area contributed by atoms with Crippen LogP contribution in [-0.4, -0.2) is 21.9 Å². The van der Waals surface area contributed by atoms with E-state index in [-0.39, 0.29) is 5.41 Å². The van der Waals surface area contributed by atoms with Gasteiger partial charge in [-0.3, -0.25) is 9.98 Å². The summed E-state index contributed by atoms with van der Waals surface area (Å²) in [6.07, 6.45) is 4.38. The van der Waals surface area contributed by atoms with E-state index in [1.54, 1.807) is 0 Å². The first kappa shape index (κ1) is 18.0. The lowest BCUT2D eigenvalue weighted by molar-refractivity contribution is 0.497. The van der Waals surface area contributed by atoms with Gasteiger partial charge in [0.1, 0.15) is 0 Å². The number of rotatable bonds is 2. The molecule has 0 amide bonds. The summed E-state index contributed by atoms with van der Waals surface area (Å²) in [4.78, 5) is 17.3. The average Bonchev–Trinajstić information content (AvgIpc) is 2.89. The lowest BCUT2D eigenvalue weighted by Gasteiger charge is -2.17. The van der Waals surface area contributed by atoms with E-state index in [0.717, 1.165) is 39.4 Å². The van der Waals surface area contributed by atoms with E-state index in [4.69, 9.17) is 16.5 Å². The van der Waals surface area contributed by atoms with Crippen LogP contribution in [0.4, 0.5) is 11.4 Å². The first-order valence-electron chi connectivity index (χ1n) is 9.26. The normalized spacial score (nSPS) is 14.7. The summed E-state index contributed by atoms with van der Waals surface area (Å²) in [5.41, 5.74) is 18.6. The molecular formula is C22H24N6. The second kappa shape index (κ2) is 6.64. The molecule has 0 unspecified atom stereocenters. The molecule has 0 radical (unpaired) electrons. The van der Waals surface area contributed by atoms with Crippen molar-refractivity contribution < 1.29 is 0 Å². The van der Waals surface area contributed by atoms with Gasteiger partial charge in [0.05, 0.1) is 33.8 Å². The summed E-state index contributed by atoms with van der Waals surface area (Å²) in [5, 5.41) is 0. The Kier molecular flexibility index (Phi) is 4.26. The highest BCUT2D eigenvalue weighted by Gasteiger charge is 2.18. The topological polar surface area (TPSA) is 105 Å². The van der Waals surface area contributed by atoms with Crippen LogP contribution in [0, 0.1) is 5.41 Å². The molecule has 28 heavy (non-hydrogen) atoms. The van der Waals surface area contributed by atoms with Crippen molar-refractivity contribution in [1.82, 2.24) is 9.97 Å². The highest BCUT2D eigenvalue weighted by Crippen LogP contribution is 2.29. The summed E-state index contributed by atoms with van der Waals surface area (Å²) in [6.45, 7) is 6.38. The summed E-state index contributed by atoms with van der Waals surface area (Å²) in [6, 6.07) is 11.8. The fourth-order valence-electron chi connectivity index (χ4n) is 3.08. The van der Waals surface area contributed by atoms with Crippen LogP contribution in [0.25, 0.3) is 22.2 Å². The highest BCUT2D eigenvalue weighted by molar-refractivity contribution is 6.07. The summed E-state index contributed by atoms with van der Waals surface area (Å²) in [5.74, 6) is 0.766. The van der Waals surface area contributed by atoms with Gasteiger partial charge in [0, 0.05) is 24.3 Å². The third-order valence-electron chi connectivity index (χ3n) is 4.80. The summed E-state index contributed by atoms with van der Waals surface area (Å²) < 4.78 is 0. The smallest absolute Gasteiger partial charge is 0.153 e. The number of imidazole rings is 1. The van der Waals surface area contributed by atoms with Crippen molar-refractivity contribution in [2.45, 2.75) is 27.2 Å². The molecule has 4 rings (SSSR count). The van der Waals surface area contributed by atoms with Gasteiger partial charge in [-0.15, -0.1) is 0 Å². The number of aromatic amines is 1. The number of benzene rings is 2. The highest BCUT2D eigenvalue weighted by atomic mass is 15.0. The number of anilines is 2. The zero-order valence-corrected chi connectivity index (χ0v) is 16.3. The Hall–Kier alpha value is -3.41. The number of nitrogens with one attached hydrogen (secondary N) is 1. The van der Waals surface area contributed by atoms with Crippen molar-refractivity contribution in [3.8, 4) is 11.1 Å². The number of allylic oxidation sites excluding steroid dienone is 1. The molecule has 2 heterocycles. The maximum absolute atomic E-state index is 5.95. The van der Waals surface area contributed by atoms with Crippen molar-refractivity contribution in [3.05, 3.63) is 54.1 Å². The van der Waals surface area contributed by atoms with Crippen LogP contribution in [0.3, 0.4) is 0 Å². The van der Waals surface area contributed by atoms with Crippen LogP contribution in [0.15, 0.2) is 58.3 Å². The third-order valence-corrected chi connectivity index (χ3v) is 4.80. The number of aromatic nitrogens is 2. The number of H-pyrrole nitrogens is 1. The second-order valence-electron chi connectivity index (χ2n) is 8.02. The Morgan fingerprint density at radius 3 is 2.46 bits per heavy atom. The predicted molar refractivity (Wildman–Crippen MR) is 118 cm³/mol. The molecule has 0 saturated heterocycles. The molecule has 0 aliphatic carbocycles.